The van der Waals surface area contributed by atoms with E-state index in [1.807, 2.05) is 32.9 Å². The Morgan fingerprint density at radius 1 is 1.27 bits per heavy atom. The molecule has 2 aromatic rings. The van der Waals surface area contributed by atoms with Crippen LogP contribution in [0.15, 0.2) is 29.1 Å². The Morgan fingerprint density at radius 2 is 2.00 bits per heavy atom. The average molecular weight is 299 g/mol. The number of hydrogen-bond acceptors (Lipinski definition) is 3. The molecule has 1 atom stereocenters. The summed E-state index contributed by atoms with van der Waals surface area (Å²) in [6.07, 6.45) is 1.45. The van der Waals surface area contributed by atoms with Gasteiger partial charge in [0, 0.05) is 30.3 Å². The van der Waals surface area contributed by atoms with Gasteiger partial charge in [0.1, 0.15) is 5.82 Å². The Morgan fingerprint density at radius 3 is 2.64 bits per heavy atom. The largest absolute Gasteiger partial charge is 0.326 e. The van der Waals surface area contributed by atoms with Gasteiger partial charge in [-0.25, -0.2) is 4.98 Å². The predicted octanol–water partition coefficient (Wildman–Crippen LogP) is 2.50. The van der Waals surface area contributed by atoms with E-state index in [0.29, 0.717) is 13.0 Å². The van der Waals surface area contributed by atoms with Crippen molar-refractivity contribution in [3.63, 3.8) is 0 Å². The van der Waals surface area contributed by atoms with Gasteiger partial charge < -0.3 is 5.73 Å². The van der Waals surface area contributed by atoms with Crippen LogP contribution in [0.4, 0.5) is 0 Å². The van der Waals surface area contributed by atoms with Crippen LogP contribution in [0.5, 0.6) is 0 Å². The number of hydrogen-bond donors (Lipinski definition) is 1. The molecule has 0 fully saturated rings. The number of nitrogens with two attached hydrogens (primary N) is 1. The Bertz CT molecular complexity index is 719. The first-order valence-corrected chi connectivity index (χ1v) is 7.80. The van der Waals surface area contributed by atoms with Gasteiger partial charge in [0.05, 0.1) is 0 Å². The van der Waals surface area contributed by atoms with Crippen LogP contribution >= 0.6 is 0 Å². The van der Waals surface area contributed by atoms with Crippen LogP contribution in [0.2, 0.25) is 0 Å². The quantitative estimate of drug-likeness (QED) is 0.922. The van der Waals surface area contributed by atoms with Crippen LogP contribution in [0.1, 0.15) is 41.6 Å². The zero-order valence-corrected chi connectivity index (χ0v) is 13.9. The Hall–Kier alpha value is -1.94. The molecule has 1 heterocycles. The second-order valence-corrected chi connectivity index (χ2v) is 5.97. The molecule has 0 radical (unpaired) electrons. The molecule has 0 aliphatic rings. The minimum atomic E-state index is -0.0206. The molecule has 22 heavy (non-hydrogen) atoms. The zero-order valence-electron chi connectivity index (χ0n) is 13.9. The summed E-state index contributed by atoms with van der Waals surface area (Å²) in [6.45, 7) is 8.38. The van der Waals surface area contributed by atoms with Gasteiger partial charge in [0.15, 0.2) is 0 Å². The van der Waals surface area contributed by atoms with E-state index >= 15 is 0 Å². The van der Waals surface area contributed by atoms with Gasteiger partial charge >= 0.3 is 0 Å². The highest BCUT2D eigenvalue weighted by molar-refractivity contribution is 5.30. The molecule has 1 aromatic heterocycles. The molecule has 2 N–H and O–H groups in total. The molecule has 0 aliphatic heterocycles. The molecular formula is C18H25N3O. The van der Waals surface area contributed by atoms with Crippen molar-refractivity contribution < 1.29 is 0 Å². The fraction of sp³-hybridized carbons (Fsp3) is 0.444. The first kappa shape index (κ1) is 16.4. The second-order valence-electron chi connectivity index (χ2n) is 5.97. The van der Waals surface area contributed by atoms with E-state index in [-0.39, 0.29) is 11.6 Å². The first-order valence-electron chi connectivity index (χ1n) is 7.80. The number of aromatic nitrogens is 2. The third-order valence-electron chi connectivity index (χ3n) is 4.07. The van der Waals surface area contributed by atoms with Crippen molar-refractivity contribution in [2.75, 3.05) is 0 Å². The first-order chi connectivity index (χ1) is 10.4. The van der Waals surface area contributed by atoms with Crippen molar-refractivity contribution in [1.29, 1.82) is 0 Å². The van der Waals surface area contributed by atoms with Crippen molar-refractivity contribution >= 4 is 0 Å². The van der Waals surface area contributed by atoms with Gasteiger partial charge in [-0.15, -0.1) is 0 Å². The van der Waals surface area contributed by atoms with Crippen molar-refractivity contribution in [2.45, 2.75) is 53.1 Å². The summed E-state index contributed by atoms with van der Waals surface area (Å²) >= 11 is 0. The van der Waals surface area contributed by atoms with Gasteiger partial charge in [-0.3, -0.25) is 9.36 Å². The Balaban J connectivity index is 2.43. The van der Waals surface area contributed by atoms with E-state index in [2.05, 4.69) is 24.0 Å². The molecule has 2 rings (SSSR count). The molecule has 1 aromatic carbocycles. The smallest absolute Gasteiger partial charge is 0.257 e. The van der Waals surface area contributed by atoms with Gasteiger partial charge in [-0.1, -0.05) is 36.8 Å². The molecule has 4 heteroatoms. The van der Waals surface area contributed by atoms with Crippen LogP contribution < -0.4 is 11.3 Å². The van der Waals surface area contributed by atoms with E-state index < -0.39 is 0 Å². The van der Waals surface area contributed by atoms with Crippen molar-refractivity contribution in [1.82, 2.24) is 9.55 Å². The highest BCUT2D eigenvalue weighted by atomic mass is 16.1. The zero-order chi connectivity index (χ0) is 16.3. The highest BCUT2D eigenvalue weighted by Gasteiger charge is 2.14. The topological polar surface area (TPSA) is 60.9 Å². The number of rotatable bonds is 5. The molecule has 0 spiro atoms. The average Bonchev–Trinajstić information content (AvgIpc) is 2.47. The fourth-order valence-electron chi connectivity index (χ4n) is 2.64. The lowest BCUT2D eigenvalue weighted by atomic mass is 10.0. The maximum absolute atomic E-state index is 12.8. The van der Waals surface area contributed by atoms with Crippen LogP contribution in [-0.4, -0.2) is 15.6 Å². The molecule has 0 saturated heterocycles. The van der Waals surface area contributed by atoms with Crippen LogP contribution in [0.3, 0.4) is 0 Å². The molecule has 0 bridgehead atoms. The van der Waals surface area contributed by atoms with Crippen molar-refractivity contribution in [2.24, 2.45) is 5.73 Å². The predicted molar refractivity (Wildman–Crippen MR) is 90.2 cm³/mol. The standard InChI is InChI=1S/C18H25N3O/c1-5-16(19)11-21-14(4)20-13(3)17(18(21)22)10-15-8-6-7-12(2)9-15/h6-9,16H,5,10-11,19H2,1-4H3. The minimum absolute atomic E-state index is 0.0206. The maximum atomic E-state index is 12.8. The summed E-state index contributed by atoms with van der Waals surface area (Å²) in [4.78, 5) is 17.4. The Kier molecular flexibility index (Phi) is 5.14. The number of benzene rings is 1. The van der Waals surface area contributed by atoms with E-state index in [9.17, 15) is 4.79 Å². The van der Waals surface area contributed by atoms with Crippen LogP contribution in [0.25, 0.3) is 0 Å². The van der Waals surface area contributed by atoms with Gasteiger partial charge in [0.25, 0.3) is 5.56 Å². The summed E-state index contributed by atoms with van der Waals surface area (Å²) < 4.78 is 1.71. The van der Waals surface area contributed by atoms with E-state index in [1.54, 1.807) is 4.57 Å². The highest BCUT2D eigenvalue weighted by Crippen LogP contribution is 2.11. The van der Waals surface area contributed by atoms with Gasteiger partial charge in [0.2, 0.25) is 0 Å². The van der Waals surface area contributed by atoms with Gasteiger partial charge in [-0.05, 0) is 32.8 Å². The van der Waals surface area contributed by atoms with Crippen molar-refractivity contribution in [3.05, 3.63) is 62.8 Å². The van der Waals surface area contributed by atoms with E-state index in [4.69, 9.17) is 5.73 Å². The Labute approximate surface area is 132 Å². The van der Waals surface area contributed by atoms with Crippen molar-refractivity contribution in [3.8, 4) is 0 Å². The molecule has 0 aliphatic carbocycles. The third-order valence-corrected chi connectivity index (χ3v) is 4.07. The molecule has 1 unspecified atom stereocenters. The van der Waals surface area contributed by atoms with E-state index in [1.165, 1.54) is 5.56 Å². The number of nitrogens with zero attached hydrogens (tertiary/aromatic N) is 2. The molecule has 0 amide bonds. The summed E-state index contributed by atoms with van der Waals surface area (Å²) in [6, 6.07) is 8.22. The monoisotopic (exact) mass is 299 g/mol. The lowest BCUT2D eigenvalue weighted by molar-refractivity contribution is 0.507. The molecule has 118 valence electrons. The van der Waals surface area contributed by atoms with E-state index in [0.717, 1.165) is 29.1 Å². The minimum Gasteiger partial charge on any atom is -0.326 e. The van der Waals surface area contributed by atoms with Crippen LogP contribution in [0, 0.1) is 20.8 Å². The third kappa shape index (κ3) is 3.63. The summed E-state index contributed by atoms with van der Waals surface area (Å²) in [5.74, 6) is 0.736. The second kappa shape index (κ2) is 6.88. The lowest BCUT2D eigenvalue weighted by Gasteiger charge is -2.16. The lowest BCUT2D eigenvalue weighted by Crippen LogP contribution is -2.35. The maximum Gasteiger partial charge on any atom is 0.257 e. The number of aryl methyl sites for hydroxylation is 3. The summed E-state index contributed by atoms with van der Waals surface area (Å²) in [5, 5.41) is 0. The molecular weight excluding hydrogens is 274 g/mol. The SMILES string of the molecule is CCC(N)Cn1c(C)nc(C)c(Cc2cccc(C)c2)c1=O. The molecule has 0 saturated carbocycles. The summed E-state index contributed by atoms with van der Waals surface area (Å²) in [5.41, 5.74) is 9.96. The normalized spacial score (nSPS) is 12.4. The molecule has 4 nitrogen and oxygen atoms in total. The fourth-order valence-corrected chi connectivity index (χ4v) is 2.64. The van der Waals surface area contributed by atoms with Gasteiger partial charge in [-0.2, -0.15) is 0 Å². The van der Waals surface area contributed by atoms with Crippen LogP contribution in [-0.2, 0) is 13.0 Å². The summed E-state index contributed by atoms with van der Waals surface area (Å²) in [7, 11) is 0.